The summed E-state index contributed by atoms with van der Waals surface area (Å²) in [5.74, 6) is -0.765. The van der Waals surface area contributed by atoms with Crippen molar-refractivity contribution in [2.24, 2.45) is 16.7 Å². The smallest absolute Gasteiger partial charge is 0.303 e. The lowest BCUT2D eigenvalue weighted by Crippen LogP contribution is -2.17. The number of nitrogens with one attached hydrogen (secondary N) is 1. The summed E-state index contributed by atoms with van der Waals surface area (Å²) in [6.07, 6.45) is 0.569. The number of benzene rings is 1. The highest BCUT2D eigenvalue weighted by Crippen LogP contribution is 2.68. The van der Waals surface area contributed by atoms with Gasteiger partial charge in [-0.3, -0.25) is 9.59 Å². The van der Waals surface area contributed by atoms with Gasteiger partial charge in [0.05, 0.1) is 0 Å². The molecule has 4 nitrogen and oxygen atoms in total. The van der Waals surface area contributed by atoms with Gasteiger partial charge in [0.1, 0.15) is 0 Å². The molecule has 0 heterocycles. The Bertz CT molecular complexity index is 561. The van der Waals surface area contributed by atoms with Gasteiger partial charge in [-0.1, -0.05) is 39.8 Å². The third-order valence-electron chi connectivity index (χ3n) is 5.10. The summed E-state index contributed by atoms with van der Waals surface area (Å²) >= 11 is 0. The summed E-state index contributed by atoms with van der Waals surface area (Å²) in [5.41, 5.74) is 1.68. The van der Waals surface area contributed by atoms with Crippen LogP contribution in [0.15, 0.2) is 24.3 Å². The number of carbonyl (C=O) groups excluding carboxylic acids is 1. The van der Waals surface area contributed by atoms with Gasteiger partial charge in [0.2, 0.25) is 5.91 Å². The monoisotopic (exact) mass is 289 g/mol. The van der Waals surface area contributed by atoms with E-state index in [-0.39, 0.29) is 29.1 Å². The van der Waals surface area contributed by atoms with Gasteiger partial charge in [0, 0.05) is 18.0 Å². The Morgan fingerprint density at radius 1 is 1.19 bits per heavy atom. The van der Waals surface area contributed by atoms with Crippen LogP contribution in [0.3, 0.4) is 0 Å². The molecule has 2 rings (SSSR count). The van der Waals surface area contributed by atoms with Crippen molar-refractivity contribution in [1.82, 2.24) is 0 Å². The van der Waals surface area contributed by atoms with Gasteiger partial charge in [-0.2, -0.15) is 0 Å². The molecule has 21 heavy (non-hydrogen) atoms. The second-order valence-corrected chi connectivity index (χ2v) is 6.96. The Balaban J connectivity index is 2.02. The van der Waals surface area contributed by atoms with Crippen molar-refractivity contribution in [3.05, 3.63) is 29.8 Å². The average Bonchev–Trinajstić information content (AvgIpc) is 2.77. The normalized spacial score (nSPS) is 19.0. The Morgan fingerprint density at radius 3 is 2.33 bits per heavy atom. The maximum Gasteiger partial charge on any atom is 0.303 e. The van der Waals surface area contributed by atoms with Crippen molar-refractivity contribution < 1.29 is 14.7 Å². The lowest BCUT2D eigenvalue weighted by molar-refractivity contribution is -0.137. The molecule has 114 valence electrons. The number of carboxylic acids is 1. The lowest BCUT2D eigenvalue weighted by atomic mass is 10.0. The molecule has 0 aromatic heterocycles. The third-order valence-corrected chi connectivity index (χ3v) is 5.10. The molecule has 0 bridgehead atoms. The standard InChI is InChI=1S/C17H23NO3/c1-16(2)14(17(16,3)4)15(21)18-12-7-5-6-11(10-12)8-9-13(19)20/h5-7,10,14H,8-9H2,1-4H3,(H,18,21)(H,19,20). The van der Waals surface area contributed by atoms with Crippen LogP contribution in [-0.2, 0) is 16.0 Å². The molecule has 0 saturated heterocycles. The van der Waals surface area contributed by atoms with Crippen LogP contribution in [0.4, 0.5) is 5.69 Å². The van der Waals surface area contributed by atoms with Crippen molar-refractivity contribution >= 4 is 17.6 Å². The average molecular weight is 289 g/mol. The first-order chi connectivity index (χ1) is 9.66. The molecule has 1 saturated carbocycles. The van der Waals surface area contributed by atoms with Gasteiger partial charge in [-0.05, 0) is 34.9 Å². The van der Waals surface area contributed by atoms with Gasteiger partial charge in [-0.15, -0.1) is 0 Å². The highest BCUT2D eigenvalue weighted by atomic mass is 16.4. The van der Waals surface area contributed by atoms with E-state index >= 15 is 0 Å². The van der Waals surface area contributed by atoms with Crippen molar-refractivity contribution in [2.45, 2.75) is 40.5 Å². The second-order valence-electron chi connectivity index (χ2n) is 6.96. The summed E-state index contributed by atoms with van der Waals surface area (Å²) in [5, 5.41) is 11.7. The third kappa shape index (κ3) is 2.94. The fraction of sp³-hybridized carbons (Fsp3) is 0.529. The second kappa shape index (κ2) is 5.17. The van der Waals surface area contributed by atoms with Crippen molar-refractivity contribution in [1.29, 1.82) is 0 Å². The molecule has 1 aliphatic carbocycles. The van der Waals surface area contributed by atoms with Crippen LogP contribution in [-0.4, -0.2) is 17.0 Å². The number of anilines is 1. The molecule has 1 fully saturated rings. The van der Waals surface area contributed by atoms with Gasteiger partial charge < -0.3 is 10.4 Å². The van der Waals surface area contributed by atoms with Crippen LogP contribution in [0.2, 0.25) is 0 Å². The molecule has 1 aliphatic rings. The molecule has 0 radical (unpaired) electrons. The lowest BCUT2D eigenvalue weighted by Gasteiger charge is -2.08. The summed E-state index contributed by atoms with van der Waals surface area (Å²) in [6, 6.07) is 7.41. The zero-order valence-corrected chi connectivity index (χ0v) is 13.1. The van der Waals surface area contributed by atoms with Crippen LogP contribution >= 0.6 is 0 Å². The number of hydrogen-bond acceptors (Lipinski definition) is 2. The quantitative estimate of drug-likeness (QED) is 0.873. The number of carboxylic acid groups (broad SMARTS) is 1. The van der Waals surface area contributed by atoms with E-state index in [1.54, 1.807) is 0 Å². The predicted octanol–water partition coefficient (Wildman–Crippen LogP) is 3.32. The van der Waals surface area contributed by atoms with Crippen LogP contribution in [0.25, 0.3) is 0 Å². The van der Waals surface area contributed by atoms with Gasteiger partial charge in [-0.25, -0.2) is 0 Å². The molecule has 1 amide bonds. The minimum absolute atomic E-state index is 0.00711. The van der Waals surface area contributed by atoms with Crippen molar-refractivity contribution in [2.75, 3.05) is 5.32 Å². The summed E-state index contributed by atoms with van der Waals surface area (Å²) < 4.78 is 0. The molecule has 0 aliphatic heterocycles. The van der Waals surface area contributed by atoms with Gasteiger partial charge >= 0.3 is 5.97 Å². The van der Waals surface area contributed by atoms with Crippen molar-refractivity contribution in [3.63, 3.8) is 0 Å². The highest BCUT2D eigenvalue weighted by molar-refractivity contribution is 5.96. The van der Waals surface area contributed by atoms with Crippen LogP contribution in [0.1, 0.15) is 39.7 Å². The van der Waals surface area contributed by atoms with E-state index in [1.807, 2.05) is 24.3 Å². The molecule has 4 heteroatoms. The van der Waals surface area contributed by atoms with E-state index in [0.717, 1.165) is 11.3 Å². The van der Waals surface area contributed by atoms with Gasteiger partial charge in [0.25, 0.3) is 0 Å². The number of rotatable bonds is 5. The Kier molecular flexibility index (Phi) is 3.83. The van der Waals surface area contributed by atoms with E-state index in [9.17, 15) is 9.59 Å². The van der Waals surface area contributed by atoms with E-state index in [1.165, 1.54) is 0 Å². The number of aryl methyl sites for hydroxylation is 1. The number of amides is 1. The largest absolute Gasteiger partial charge is 0.481 e. The summed E-state index contributed by atoms with van der Waals surface area (Å²) in [4.78, 5) is 23.0. The zero-order valence-electron chi connectivity index (χ0n) is 13.1. The van der Waals surface area contributed by atoms with E-state index in [0.29, 0.717) is 6.42 Å². The first-order valence-corrected chi connectivity index (χ1v) is 7.28. The fourth-order valence-electron chi connectivity index (χ4n) is 3.12. The molecule has 0 spiro atoms. The zero-order chi connectivity index (χ0) is 15.8. The Morgan fingerprint density at radius 2 is 1.81 bits per heavy atom. The minimum atomic E-state index is -0.814. The molecular formula is C17H23NO3. The molecule has 0 unspecified atom stereocenters. The molecule has 0 atom stereocenters. The van der Waals surface area contributed by atoms with E-state index in [2.05, 4.69) is 33.0 Å². The minimum Gasteiger partial charge on any atom is -0.481 e. The highest BCUT2D eigenvalue weighted by Gasteiger charge is 2.68. The maximum absolute atomic E-state index is 12.4. The summed E-state index contributed by atoms with van der Waals surface area (Å²) in [7, 11) is 0. The first-order valence-electron chi connectivity index (χ1n) is 7.28. The number of hydrogen-bond donors (Lipinski definition) is 2. The number of aliphatic carboxylic acids is 1. The van der Waals surface area contributed by atoms with Crippen molar-refractivity contribution in [3.8, 4) is 0 Å². The van der Waals surface area contributed by atoms with E-state index in [4.69, 9.17) is 5.11 Å². The summed E-state index contributed by atoms with van der Waals surface area (Å²) in [6.45, 7) is 8.45. The Labute approximate surface area is 125 Å². The topological polar surface area (TPSA) is 66.4 Å². The molecular weight excluding hydrogens is 266 g/mol. The molecule has 1 aromatic rings. The first kappa shape index (κ1) is 15.5. The molecule has 2 N–H and O–H groups in total. The number of carbonyl (C=O) groups is 2. The maximum atomic E-state index is 12.4. The van der Waals surface area contributed by atoms with Crippen LogP contribution < -0.4 is 5.32 Å². The Hall–Kier alpha value is -1.84. The van der Waals surface area contributed by atoms with Crippen LogP contribution in [0.5, 0.6) is 0 Å². The molecule has 1 aromatic carbocycles. The predicted molar refractivity (Wildman–Crippen MR) is 82.1 cm³/mol. The van der Waals surface area contributed by atoms with E-state index < -0.39 is 5.97 Å². The SMILES string of the molecule is CC1(C)C(C(=O)Nc2cccc(CCC(=O)O)c2)C1(C)C. The van der Waals surface area contributed by atoms with Crippen LogP contribution in [0, 0.1) is 16.7 Å². The van der Waals surface area contributed by atoms with Gasteiger partial charge in [0.15, 0.2) is 0 Å². The fourth-order valence-corrected chi connectivity index (χ4v) is 3.12.